The highest BCUT2D eigenvalue weighted by Gasteiger charge is 2.02. The maximum Gasteiger partial charge on any atom is 0.171 e. The zero-order valence-corrected chi connectivity index (χ0v) is 11.0. The van der Waals surface area contributed by atoms with Gasteiger partial charge in [-0.3, -0.25) is 0 Å². The van der Waals surface area contributed by atoms with E-state index in [4.69, 9.17) is 18.0 Å². The van der Waals surface area contributed by atoms with Crippen molar-refractivity contribution >= 4 is 28.7 Å². The lowest BCUT2D eigenvalue weighted by Crippen LogP contribution is -2.28. The van der Waals surface area contributed by atoms with Crippen LogP contribution >= 0.6 is 12.2 Å². The van der Waals surface area contributed by atoms with Crippen LogP contribution in [-0.4, -0.2) is 5.11 Å². The topological polar surface area (TPSA) is 50.1 Å². The Kier molecular flexibility index (Phi) is 4.30. The largest absolute Gasteiger partial charge is 0.399 e. The Labute approximate surface area is 116 Å². The molecule has 2 rings (SSSR count). The quantitative estimate of drug-likeness (QED) is 0.595. The molecule has 2 aromatic rings. The lowest BCUT2D eigenvalue weighted by atomic mass is 10.2. The van der Waals surface area contributed by atoms with E-state index in [9.17, 15) is 4.39 Å². The number of para-hydroxylation sites is 1. The van der Waals surface area contributed by atoms with Crippen molar-refractivity contribution < 1.29 is 4.39 Å². The van der Waals surface area contributed by atoms with Crippen LogP contribution in [0.15, 0.2) is 48.5 Å². The number of anilines is 2. The van der Waals surface area contributed by atoms with Crippen LogP contribution in [0.3, 0.4) is 0 Å². The number of hydrogen-bond acceptors (Lipinski definition) is 2. The van der Waals surface area contributed by atoms with Gasteiger partial charge < -0.3 is 16.4 Å². The van der Waals surface area contributed by atoms with Gasteiger partial charge in [0.2, 0.25) is 0 Å². The Balaban J connectivity index is 1.90. The van der Waals surface area contributed by atoms with E-state index in [0.29, 0.717) is 23.0 Å². The van der Waals surface area contributed by atoms with Crippen LogP contribution in [0.25, 0.3) is 0 Å². The van der Waals surface area contributed by atoms with Crippen molar-refractivity contribution in [2.45, 2.75) is 6.54 Å². The van der Waals surface area contributed by atoms with Crippen LogP contribution in [0.5, 0.6) is 0 Å². The van der Waals surface area contributed by atoms with E-state index < -0.39 is 0 Å². The minimum absolute atomic E-state index is 0.337. The van der Waals surface area contributed by atoms with E-state index in [1.54, 1.807) is 18.2 Å². The Morgan fingerprint density at radius 3 is 2.68 bits per heavy atom. The third-order valence-electron chi connectivity index (χ3n) is 2.53. The molecule has 0 spiro atoms. The van der Waals surface area contributed by atoms with E-state index in [0.717, 1.165) is 5.56 Å². The first-order valence-electron chi connectivity index (χ1n) is 5.79. The average molecular weight is 275 g/mol. The van der Waals surface area contributed by atoms with Gasteiger partial charge >= 0.3 is 0 Å². The van der Waals surface area contributed by atoms with Crippen LogP contribution in [0.1, 0.15) is 5.56 Å². The molecule has 0 heterocycles. The molecule has 0 atom stereocenters. The molecular weight excluding hydrogens is 261 g/mol. The molecule has 0 fully saturated rings. The summed E-state index contributed by atoms with van der Waals surface area (Å²) in [4.78, 5) is 0. The molecule has 98 valence electrons. The maximum absolute atomic E-state index is 13.4. The van der Waals surface area contributed by atoms with E-state index in [1.165, 1.54) is 6.07 Å². The number of nitrogens with one attached hydrogen (secondary N) is 2. The molecule has 19 heavy (non-hydrogen) atoms. The van der Waals surface area contributed by atoms with Gasteiger partial charge in [-0.1, -0.05) is 24.3 Å². The SMILES string of the molecule is Nc1cccc(CNC(=S)Nc2ccccc2F)c1. The molecule has 0 saturated carbocycles. The standard InChI is InChI=1S/C14H14FN3S/c15-12-6-1-2-7-13(12)18-14(19)17-9-10-4-3-5-11(16)8-10/h1-8H,9,16H2,(H2,17,18,19). The van der Waals surface area contributed by atoms with E-state index in [2.05, 4.69) is 10.6 Å². The molecule has 4 N–H and O–H groups in total. The zero-order valence-electron chi connectivity index (χ0n) is 10.2. The van der Waals surface area contributed by atoms with Crippen molar-refractivity contribution in [1.29, 1.82) is 0 Å². The van der Waals surface area contributed by atoms with Crippen molar-refractivity contribution in [1.82, 2.24) is 5.32 Å². The van der Waals surface area contributed by atoms with Gasteiger partial charge in [-0.15, -0.1) is 0 Å². The molecule has 5 heteroatoms. The van der Waals surface area contributed by atoms with Crippen LogP contribution in [0.2, 0.25) is 0 Å². The van der Waals surface area contributed by atoms with Gasteiger partial charge in [0.1, 0.15) is 5.82 Å². The normalized spacial score (nSPS) is 9.95. The zero-order chi connectivity index (χ0) is 13.7. The van der Waals surface area contributed by atoms with E-state index in [-0.39, 0.29) is 5.82 Å². The molecule has 0 aromatic heterocycles. The van der Waals surface area contributed by atoms with Gasteiger partial charge in [-0.05, 0) is 42.0 Å². The van der Waals surface area contributed by atoms with Gasteiger partial charge in [0.25, 0.3) is 0 Å². The van der Waals surface area contributed by atoms with Crippen LogP contribution in [-0.2, 0) is 6.54 Å². The van der Waals surface area contributed by atoms with E-state index >= 15 is 0 Å². The van der Waals surface area contributed by atoms with Crippen molar-refractivity contribution in [3.63, 3.8) is 0 Å². The Bertz CT molecular complexity index is 586. The third-order valence-corrected chi connectivity index (χ3v) is 2.77. The molecule has 0 aliphatic rings. The fraction of sp³-hybridized carbons (Fsp3) is 0.0714. The lowest BCUT2D eigenvalue weighted by Gasteiger charge is -2.11. The fourth-order valence-corrected chi connectivity index (χ4v) is 1.80. The number of halogens is 1. The summed E-state index contributed by atoms with van der Waals surface area (Å²) < 4.78 is 13.4. The molecule has 0 amide bonds. The predicted octanol–water partition coefficient (Wildman–Crippen LogP) is 2.89. The summed E-state index contributed by atoms with van der Waals surface area (Å²) >= 11 is 5.11. The Morgan fingerprint density at radius 1 is 1.16 bits per heavy atom. The van der Waals surface area contributed by atoms with Crippen molar-refractivity contribution in [2.75, 3.05) is 11.1 Å². The molecule has 3 nitrogen and oxygen atoms in total. The number of benzene rings is 2. The number of thiocarbonyl (C=S) groups is 1. The highest BCUT2D eigenvalue weighted by atomic mass is 32.1. The second-order valence-electron chi connectivity index (χ2n) is 4.03. The summed E-state index contributed by atoms with van der Waals surface area (Å²) in [5.41, 5.74) is 7.75. The molecule has 0 aliphatic heterocycles. The summed E-state index contributed by atoms with van der Waals surface area (Å²) in [5.74, 6) is -0.337. The van der Waals surface area contributed by atoms with Gasteiger partial charge in [0.15, 0.2) is 5.11 Å². The average Bonchev–Trinajstić information content (AvgIpc) is 2.39. The number of hydrogen-bond donors (Lipinski definition) is 3. The van der Waals surface area contributed by atoms with Crippen LogP contribution < -0.4 is 16.4 Å². The van der Waals surface area contributed by atoms with Gasteiger partial charge in [0.05, 0.1) is 5.69 Å². The molecule has 0 aliphatic carbocycles. The highest BCUT2D eigenvalue weighted by Crippen LogP contribution is 2.12. The fourth-order valence-electron chi connectivity index (χ4n) is 1.61. The third kappa shape index (κ3) is 3.93. The van der Waals surface area contributed by atoms with Crippen molar-refractivity contribution in [3.8, 4) is 0 Å². The number of nitrogen functional groups attached to an aromatic ring is 1. The van der Waals surface area contributed by atoms with Crippen LogP contribution in [0, 0.1) is 5.82 Å². The van der Waals surface area contributed by atoms with Gasteiger partial charge in [-0.25, -0.2) is 4.39 Å². The number of rotatable bonds is 3. The summed E-state index contributed by atoms with van der Waals surface area (Å²) in [7, 11) is 0. The summed E-state index contributed by atoms with van der Waals surface area (Å²) in [6.45, 7) is 0.533. The predicted molar refractivity (Wildman–Crippen MR) is 80.3 cm³/mol. The molecule has 0 unspecified atom stereocenters. The monoisotopic (exact) mass is 275 g/mol. The highest BCUT2D eigenvalue weighted by molar-refractivity contribution is 7.80. The van der Waals surface area contributed by atoms with Crippen molar-refractivity contribution in [3.05, 3.63) is 59.9 Å². The molecule has 0 bridgehead atoms. The van der Waals surface area contributed by atoms with Crippen molar-refractivity contribution in [2.24, 2.45) is 0 Å². The molecule has 0 saturated heterocycles. The summed E-state index contributed by atoms with van der Waals surface area (Å²) in [5, 5.41) is 6.18. The minimum atomic E-state index is -0.337. The first kappa shape index (κ1) is 13.3. The van der Waals surface area contributed by atoms with Gasteiger partial charge in [-0.2, -0.15) is 0 Å². The second-order valence-corrected chi connectivity index (χ2v) is 4.44. The van der Waals surface area contributed by atoms with E-state index in [1.807, 2.05) is 24.3 Å². The number of nitrogens with two attached hydrogens (primary N) is 1. The molecule has 0 radical (unpaired) electrons. The summed E-state index contributed by atoms with van der Waals surface area (Å²) in [6.07, 6.45) is 0. The second kappa shape index (κ2) is 6.15. The lowest BCUT2D eigenvalue weighted by molar-refractivity contribution is 0.632. The Hall–Kier alpha value is -2.14. The van der Waals surface area contributed by atoms with Gasteiger partial charge in [0, 0.05) is 12.2 Å². The maximum atomic E-state index is 13.4. The van der Waals surface area contributed by atoms with Crippen LogP contribution in [0.4, 0.5) is 15.8 Å². The summed E-state index contributed by atoms with van der Waals surface area (Å²) in [6, 6.07) is 13.9. The minimum Gasteiger partial charge on any atom is -0.399 e. The smallest absolute Gasteiger partial charge is 0.171 e. The Morgan fingerprint density at radius 2 is 1.95 bits per heavy atom. The molecule has 2 aromatic carbocycles. The molecular formula is C14H14FN3S. The first-order chi connectivity index (χ1) is 9.15. The first-order valence-corrected chi connectivity index (χ1v) is 6.20.